The SMILES string of the molecule is CNCCN(C)C1CCN(c2cnc3ccc(-c4c[nH]nc4-c4cccc(C)n4)nc3c2)CC1. The van der Waals surface area contributed by atoms with Crippen LogP contribution in [0.15, 0.2) is 48.8 Å². The molecule has 0 bridgehead atoms. The molecule has 0 radical (unpaired) electrons. The Morgan fingerprint density at radius 2 is 1.94 bits per heavy atom. The molecule has 1 aliphatic heterocycles. The van der Waals surface area contributed by atoms with Gasteiger partial charge in [-0.1, -0.05) is 6.07 Å². The number of fused-ring (bicyclic) bond motifs is 1. The molecule has 1 saturated heterocycles. The summed E-state index contributed by atoms with van der Waals surface area (Å²) in [6.07, 6.45) is 6.19. The van der Waals surface area contributed by atoms with Gasteiger partial charge in [-0.3, -0.25) is 15.1 Å². The largest absolute Gasteiger partial charge is 0.370 e. The van der Waals surface area contributed by atoms with Crippen LogP contribution in [0.4, 0.5) is 5.69 Å². The summed E-state index contributed by atoms with van der Waals surface area (Å²) in [7, 11) is 4.24. The summed E-state index contributed by atoms with van der Waals surface area (Å²) in [4.78, 5) is 19.2. The quantitative estimate of drug-likeness (QED) is 0.440. The Balaban J connectivity index is 1.37. The van der Waals surface area contributed by atoms with Crippen molar-refractivity contribution in [2.24, 2.45) is 0 Å². The van der Waals surface area contributed by atoms with Crippen molar-refractivity contribution in [2.75, 3.05) is 45.2 Å². The topological polar surface area (TPSA) is 85.9 Å². The summed E-state index contributed by atoms with van der Waals surface area (Å²) in [5.41, 5.74) is 7.35. The Labute approximate surface area is 200 Å². The van der Waals surface area contributed by atoms with Gasteiger partial charge in [0, 0.05) is 49.7 Å². The maximum absolute atomic E-state index is 4.97. The van der Waals surface area contributed by atoms with E-state index in [1.807, 2.05) is 56.7 Å². The molecule has 0 unspecified atom stereocenters. The van der Waals surface area contributed by atoms with Gasteiger partial charge in [-0.05, 0) is 64.2 Å². The van der Waals surface area contributed by atoms with Gasteiger partial charge in [0.05, 0.1) is 34.3 Å². The minimum Gasteiger partial charge on any atom is -0.370 e. The maximum Gasteiger partial charge on any atom is 0.120 e. The predicted octanol–water partition coefficient (Wildman–Crippen LogP) is 3.51. The van der Waals surface area contributed by atoms with E-state index in [4.69, 9.17) is 9.97 Å². The number of rotatable bonds is 7. The third-order valence-corrected chi connectivity index (χ3v) is 6.74. The van der Waals surface area contributed by atoms with Gasteiger partial charge >= 0.3 is 0 Å². The average molecular weight is 457 g/mol. The molecule has 34 heavy (non-hydrogen) atoms. The van der Waals surface area contributed by atoms with E-state index in [0.717, 1.165) is 84.1 Å². The lowest BCUT2D eigenvalue weighted by Crippen LogP contribution is -2.45. The first-order valence-corrected chi connectivity index (χ1v) is 12.0. The monoisotopic (exact) mass is 456 g/mol. The first-order valence-electron chi connectivity index (χ1n) is 12.0. The van der Waals surface area contributed by atoms with Crippen LogP contribution in [0.2, 0.25) is 0 Å². The molecule has 0 spiro atoms. The number of piperidine rings is 1. The second-order valence-corrected chi connectivity index (χ2v) is 9.04. The number of nitrogens with zero attached hydrogens (tertiary/aromatic N) is 6. The first kappa shape index (κ1) is 22.4. The average Bonchev–Trinajstić information content (AvgIpc) is 3.37. The number of nitrogens with one attached hydrogen (secondary N) is 2. The number of aryl methyl sites for hydroxylation is 1. The van der Waals surface area contributed by atoms with Crippen molar-refractivity contribution in [2.45, 2.75) is 25.8 Å². The summed E-state index contributed by atoms with van der Waals surface area (Å²) < 4.78 is 0. The van der Waals surface area contributed by atoms with Gasteiger partial charge in [0.25, 0.3) is 0 Å². The fourth-order valence-electron chi connectivity index (χ4n) is 4.71. The van der Waals surface area contributed by atoms with Gasteiger partial charge in [0.1, 0.15) is 5.69 Å². The highest BCUT2D eigenvalue weighted by molar-refractivity contribution is 5.84. The van der Waals surface area contributed by atoms with Crippen LogP contribution in [-0.2, 0) is 0 Å². The molecule has 0 aromatic carbocycles. The van der Waals surface area contributed by atoms with E-state index in [1.54, 1.807) is 0 Å². The number of aromatic amines is 1. The number of H-pyrrole nitrogens is 1. The Morgan fingerprint density at radius 1 is 1.09 bits per heavy atom. The smallest absolute Gasteiger partial charge is 0.120 e. The molecule has 176 valence electrons. The van der Waals surface area contributed by atoms with E-state index in [-0.39, 0.29) is 0 Å². The van der Waals surface area contributed by atoms with Gasteiger partial charge in [-0.15, -0.1) is 0 Å². The van der Waals surface area contributed by atoms with E-state index in [1.165, 1.54) is 0 Å². The van der Waals surface area contributed by atoms with Crippen molar-refractivity contribution < 1.29 is 0 Å². The number of aromatic nitrogens is 5. The van der Waals surface area contributed by atoms with Gasteiger partial charge in [0.15, 0.2) is 0 Å². The normalized spacial score (nSPS) is 14.9. The zero-order valence-electron chi connectivity index (χ0n) is 20.1. The molecule has 8 nitrogen and oxygen atoms in total. The third kappa shape index (κ3) is 4.64. The zero-order valence-corrected chi connectivity index (χ0v) is 20.1. The van der Waals surface area contributed by atoms with Crippen molar-refractivity contribution >= 4 is 16.7 Å². The molecule has 4 aromatic rings. The molecule has 0 aliphatic carbocycles. The molecule has 4 aromatic heterocycles. The molecule has 8 heteroatoms. The van der Waals surface area contributed by atoms with Gasteiger partial charge in [-0.25, -0.2) is 4.98 Å². The van der Waals surface area contributed by atoms with Crippen LogP contribution in [0.25, 0.3) is 33.7 Å². The summed E-state index contributed by atoms with van der Waals surface area (Å²) in [6, 6.07) is 12.8. The second kappa shape index (κ2) is 9.87. The standard InChI is InChI=1S/C26H32N8/c1-18-5-4-6-24(30-18)26-21(17-29-32-26)22-7-8-23-25(31-22)15-20(16-28-23)34-12-9-19(10-13-34)33(3)14-11-27-2/h4-8,15-17,19,27H,9-14H2,1-3H3,(H,29,32). The molecule has 0 saturated carbocycles. The van der Waals surface area contributed by atoms with Crippen LogP contribution in [-0.4, -0.2) is 76.4 Å². The molecule has 5 heterocycles. The van der Waals surface area contributed by atoms with Crippen molar-refractivity contribution in [1.82, 2.24) is 35.4 Å². The summed E-state index contributed by atoms with van der Waals surface area (Å²) in [6.45, 7) is 6.16. The first-order chi connectivity index (χ1) is 16.6. The molecule has 0 atom stereocenters. The van der Waals surface area contributed by atoms with Crippen molar-refractivity contribution in [3.05, 3.63) is 54.5 Å². The number of pyridine rings is 3. The number of hydrogen-bond donors (Lipinski definition) is 2. The van der Waals surface area contributed by atoms with Crippen molar-refractivity contribution in [3.8, 4) is 22.6 Å². The minimum atomic E-state index is 0.637. The summed E-state index contributed by atoms with van der Waals surface area (Å²) in [5, 5.41) is 10.7. The molecular weight excluding hydrogens is 424 g/mol. The van der Waals surface area contributed by atoms with Crippen molar-refractivity contribution in [1.29, 1.82) is 0 Å². The van der Waals surface area contributed by atoms with Crippen LogP contribution >= 0.6 is 0 Å². The van der Waals surface area contributed by atoms with E-state index in [0.29, 0.717) is 6.04 Å². The highest BCUT2D eigenvalue weighted by Crippen LogP contribution is 2.30. The number of likely N-dealkylation sites (N-methyl/N-ethyl adjacent to an activating group) is 2. The summed E-state index contributed by atoms with van der Waals surface area (Å²) in [5.74, 6) is 0. The molecule has 1 aliphatic rings. The molecular formula is C26H32N8. The summed E-state index contributed by atoms with van der Waals surface area (Å²) >= 11 is 0. The Bertz CT molecular complexity index is 1260. The lowest BCUT2D eigenvalue weighted by molar-refractivity contribution is 0.209. The molecule has 1 fully saturated rings. The minimum absolute atomic E-state index is 0.637. The van der Waals surface area contributed by atoms with E-state index in [9.17, 15) is 0 Å². The lowest BCUT2D eigenvalue weighted by atomic mass is 10.0. The lowest BCUT2D eigenvalue weighted by Gasteiger charge is -2.37. The van der Waals surface area contributed by atoms with Crippen LogP contribution in [0, 0.1) is 6.92 Å². The van der Waals surface area contributed by atoms with Crippen LogP contribution in [0.5, 0.6) is 0 Å². The van der Waals surface area contributed by atoms with Crippen LogP contribution < -0.4 is 10.2 Å². The van der Waals surface area contributed by atoms with E-state index >= 15 is 0 Å². The fourth-order valence-corrected chi connectivity index (χ4v) is 4.71. The molecule has 0 amide bonds. The number of hydrogen-bond acceptors (Lipinski definition) is 7. The third-order valence-electron chi connectivity index (χ3n) is 6.74. The van der Waals surface area contributed by atoms with E-state index < -0.39 is 0 Å². The maximum atomic E-state index is 4.97. The van der Waals surface area contributed by atoms with Crippen LogP contribution in [0.1, 0.15) is 18.5 Å². The predicted molar refractivity (Wildman–Crippen MR) is 137 cm³/mol. The Morgan fingerprint density at radius 3 is 2.74 bits per heavy atom. The molecule has 2 N–H and O–H groups in total. The van der Waals surface area contributed by atoms with Crippen molar-refractivity contribution in [3.63, 3.8) is 0 Å². The Kier molecular flexibility index (Phi) is 6.51. The Hall–Kier alpha value is -3.36. The zero-order chi connectivity index (χ0) is 23.5. The van der Waals surface area contributed by atoms with Crippen LogP contribution in [0.3, 0.4) is 0 Å². The number of anilines is 1. The highest BCUT2D eigenvalue weighted by atomic mass is 15.2. The van der Waals surface area contributed by atoms with Gasteiger partial charge in [-0.2, -0.15) is 5.10 Å². The van der Waals surface area contributed by atoms with Gasteiger partial charge in [0.2, 0.25) is 0 Å². The van der Waals surface area contributed by atoms with E-state index in [2.05, 4.69) is 43.4 Å². The fraction of sp³-hybridized carbons (Fsp3) is 0.385. The second-order valence-electron chi connectivity index (χ2n) is 9.04. The molecule has 5 rings (SSSR count). The highest BCUT2D eigenvalue weighted by Gasteiger charge is 2.23. The van der Waals surface area contributed by atoms with Gasteiger partial charge < -0.3 is 15.1 Å².